The number of likely N-dealkylation sites (tertiary alicyclic amines) is 1. The van der Waals surface area contributed by atoms with Crippen LogP contribution in [0, 0.1) is 6.92 Å². The van der Waals surface area contributed by atoms with E-state index in [0.717, 1.165) is 36.9 Å². The minimum absolute atomic E-state index is 0.0245. The van der Waals surface area contributed by atoms with Crippen LogP contribution in [0.2, 0.25) is 0 Å². The van der Waals surface area contributed by atoms with Crippen molar-refractivity contribution < 1.29 is 18.7 Å². The normalized spacial score (nSPS) is 13.4. The Labute approximate surface area is 186 Å². The van der Waals surface area contributed by atoms with Crippen LogP contribution in [-0.2, 0) is 11.2 Å². The van der Waals surface area contributed by atoms with E-state index in [-0.39, 0.29) is 24.7 Å². The summed E-state index contributed by atoms with van der Waals surface area (Å²) in [6.45, 7) is 3.45. The highest BCUT2D eigenvalue weighted by molar-refractivity contribution is 5.96. The summed E-state index contributed by atoms with van der Waals surface area (Å²) in [6.07, 6.45) is 2.50. The molecule has 7 nitrogen and oxygen atoms in total. The van der Waals surface area contributed by atoms with Gasteiger partial charge >= 0.3 is 5.63 Å². The molecule has 166 valence electrons. The molecule has 1 fully saturated rings. The van der Waals surface area contributed by atoms with Crippen LogP contribution in [0.4, 0.5) is 5.69 Å². The molecule has 7 heteroatoms. The Kier molecular flexibility index (Phi) is 6.25. The van der Waals surface area contributed by atoms with E-state index in [4.69, 9.17) is 9.15 Å². The fraction of sp³-hybridized carbons (Fsp3) is 0.320. The number of carbonyl (C=O) groups excluding carboxylic acids is 2. The van der Waals surface area contributed by atoms with Gasteiger partial charge in [-0.15, -0.1) is 0 Å². The first-order chi connectivity index (χ1) is 15.5. The van der Waals surface area contributed by atoms with Gasteiger partial charge in [-0.25, -0.2) is 4.79 Å². The molecule has 0 spiro atoms. The molecule has 2 amide bonds. The lowest BCUT2D eigenvalue weighted by Crippen LogP contribution is -2.27. The van der Waals surface area contributed by atoms with E-state index in [1.165, 1.54) is 0 Å². The molecule has 1 aromatic heterocycles. The Morgan fingerprint density at radius 3 is 2.50 bits per heavy atom. The van der Waals surface area contributed by atoms with E-state index in [2.05, 4.69) is 5.32 Å². The third-order valence-electron chi connectivity index (χ3n) is 5.91. The number of fused-ring (bicyclic) bond motifs is 1. The van der Waals surface area contributed by atoms with Gasteiger partial charge in [0.05, 0.1) is 7.11 Å². The fourth-order valence-electron chi connectivity index (χ4n) is 4.05. The van der Waals surface area contributed by atoms with Crippen LogP contribution in [0.5, 0.6) is 5.75 Å². The molecule has 0 radical (unpaired) electrons. The minimum atomic E-state index is -0.444. The van der Waals surface area contributed by atoms with E-state index in [0.29, 0.717) is 28.1 Å². The van der Waals surface area contributed by atoms with E-state index in [1.54, 1.807) is 37.4 Å². The summed E-state index contributed by atoms with van der Waals surface area (Å²) in [7, 11) is 1.55. The summed E-state index contributed by atoms with van der Waals surface area (Å²) >= 11 is 0. The highest BCUT2D eigenvalue weighted by Gasteiger charge is 2.19. The number of benzene rings is 2. The van der Waals surface area contributed by atoms with Crippen molar-refractivity contribution in [3.05, 3.63) is 69.6 Å². The Morgan fingerprint density at radius 1 is 1.09 bits per heavy atom. The molecule has 0 atom stereocenters. The zero-order valence-corrected chi connectivity index (χ0v) is 18.3. The van der Waals surface area contributed by atoms with E-state index >= 15 is 0 Å². The molecule has 0 bridgehead atoms. The summed E-state index contributed by atoms with van der Waals surface area (Å²) in [5.74, 6) is 0.425. The molecule has 1 aliphatic heterocycles. The number of ether oxygens (including phenoxy) is 1. The second-order valence-corrected chi connectivity index (χ2v) is 7.98. The average Bonchev–Trinajstić information content (AvgIpc) is 3.33. The summed E-state index contributed by atoms with van der Waals surface area (Å²) in [4.78, 5) is 39.2. The van der Waals surface area contributed by atoms with Crippen LogP contribution in [0.15, 0.2) is 51.7 Å². The number of methoxy groups -OCH3 is 1. The van der Waals surface area contributed by atoms with E-state index in [1.807, 2.05) is 24.0 Å². The van der Waals surface area contributed by atoms with E-state index < -0.39 is 5.63 Å². The van der Waals surface area contributed by atoms with Crippen LogP contribution in [0.1, 0.15) is 40.7 Å². The lowest BCUT2D eigenvalue weighted by Gasteiger charge is -2.15. The second-order valence-electron chi connectivity index (χ2n) is 7.98. The molecule has 0 aliphatic carbocycles. The monoisotopic (exact) mass is 434 g/mol. The maximum absolute atomic E-state index is 12.5. The molecule has 1 saturated heterocycles. The summed E-state index contributed by atoms with van der Waals surface area (Å²) in [5.41, 5.74) is 2.54. The number of carbonyl (C=O) groups is 2. The van der Waals surface area contributed by atoms with Gasteiger partial charge in [0.1, 0.15) is 11.3 Å². The number of aryl methyl sites for hydroxylation is 1. The maximum Gasteiger partial charge on any atom is 0.339 e. The van der Waals surface area contributed by atoms with Gasteiger partial charge in [-0.1, -0.05) is 0 Å². The van der Waals surface area contributed by atoms with Crippen molar-refractivity contribution in [1.29, 1.82) is 0 Å². The van der Waals surface area contributed by atoms with Gasteiger partial charge in [-0.05, 0) is 68.1 Å². The summed E-state index contributed by atoms with van der Waals surface area (Å²) in [6, 6.07) is 12.2. The number of hydrogen-bond donors (Lipinski definition) is 1. The van der Waals surface area contributed by atoms with E-state index in [9.17, 15) is 14.4 Å². The Bertz CT molecular complexity index is 1210. The Balaban J connectivity index is 1.40. The van der Waals surface area contributed by atoms with Crippen LogP contribution in [0.3, 0.4) is 0 Å². The van der Waals surface area contributed by atoms with Crippen LogP contribution in [-0.4, -0.2) is 36.9 Å². The van der Waals surface area contributed by atoms with Gasteiger partial charge in [-0.3, -0.25) is 9.59 Å². The zero-order chi connectivity index (χ0) is 22.7. The molecule has 1 N–H and O–H groups in total. The van der Waals surface area contributed by atoms with Crippen molar-refractivity contribution in [2.24, 2.45) is 0 Å². The molecule has 2 heterocycles. The standard InChI is InChI=1S/C25H26N2O5/c1-16-20-10-9-19(31-2)15-22(20)32-25(30)21(16)11-12-23(28)26-18-7-5-17(6-8-18)24(29)27-13-3-4-14-27/h5-10,15H,3-4,11-14H2,1-2H3,(H,26,28). The topological polar surface area (TPSA) is 88.9 Å². The van der Waals surface area contributed by atoms with Gasteiger partial charge in [-0.2, -0.15) is 0 Å². The average molecular weight is 434 g/mol. The van der Waals surface area contributed by atoms with Gasteiger partial charge in [0, 0.05) is 47.8 Å². The molecule has 3 aromatic rings. The van der Waals surface area contributed by atoms with Crippen molar-refractivity contribution >= 4 is 28.5 Å². The van der Waals surface area contributed by atoms with Crippen molar-refractivity contribution in [2.75, 3.05) is 25.5 Å². The molecule has 1 aliphatic rings. The van der Waals surface area contributed by atoms with Gasteiger partial charge in [0.15, 0.2) is 0 Å². The number of hydrogen-bond acceptors (Lipinski definition) is 5. The maximum atomic E-state index is 12.5. The fourth-order valence-corrected chi connectivity index (χ4v) is 4.05. The predicted octanol–water partition coefficient (Wildman–Crippen LogP) is 3.92. The van der Waals surface area contributed by atoms with Gasteiger partial charge in [0.25, 0.3) is 5.91 Å². The van der Waals surface area contributed by atoms with Gasteiger partial charge < -0.3 is 19.4 Å². The number of rotatable bonds is 6. The number of anilines is 1. The quantitative estimate of drug-likeness (QED) is 0.594. The molecule has 4 rings (SSSR count). The van der Waals surface area contributed by atoms with Crippen molar-refractivity contribution in [2.45, 2.75) is 32.6 Å². The largest absolute Gasteiger partial charge is 0.497 e. The van der Waals surface area contributed by atoms with Gasteiger partial charge in [0.2, 0.25) is 5.91 Å². The third-order valence-corrected chi connectivity index (χ3v) is 5.91. The number of nitrogens with one attached hydrogen (secondary N) is 1. The predicted molar refractivity (Wildman–Crippen MR) is 122 cm³/mol. The molecule has 2 aromatic carbocycles. The Morgan fingerprint density at radius 2 is 1.81 bits per heavy atom. The van der Waals surface area contributed by atoms with Crippen LogP contribution >= 0.6 is 0 Å². The molecular weight excluding hydrogens is 408 g/mol. The van der Waals surface area contributed by atoms with Crippen LogP contribution in [0.25, 0.3) is 11.0 Å². The SMILES string of the molecule is COc1ccc2c(C)c(CCC(=O)Nc3ccc(C(=O)N4CCCC4)cc3)c(=O)oc2c1. The van der Waals surface area contributed by atoms with Crippen molar-refractivity contribution in [1.82, 2.24) is 4.90 Å². The second kappa shape index (κ2) is 9.26. The lowest BCUT2D eigenvalue weighted by atomic mass is 10.0. The highest BCUT2D eigenvalue weighted by Crippen LogP contribution is 2.24. The zero-order valence-electron chi connectivity index (χ0n) is 18.3. The molecule has 0 saturated carbocycles. The summed E-state index contributed by atoms with van der Waals surface area (Å²) in [5, 5.41) is 3.64. The number of nitrogens with zero attached hydrogens (tertiary/aromatic N) is 1. The van der Waals surface area contributed by atoms with Crippen LogP contribution < -0.4 is 15.7 Å². The Hall–Kier alpha value is -3.61. The minimum Gasteiger partial charge on any atom is -0.497 e. The summed E-state index contributed by atoms with van der Waals surface area (Å²) < 4.78 is 10.6. The first kappa shape index (κ1) is 21.6. The van der Waals surface area contributed by atoms with Crippen molar-refractivity contribution in [3.8, 4) is 5.75 Å². The van der Waals surface area contributed by atoms with Crippen molar-refractivity contribution in [3.63, 3.8) is 0 Å². The highest BCUT2D eigenvalue weighted by atomic mass is 16.5. The molecule has 0 unspecified atom stereocenters. The lowest BCUT2D eigenvalue weighted by molar-refractivity contribution is -0.116. The molecule has 32 heavy (non-hydrogen) atoms. The third kappa shape index (κ3) is 4.51. The molecular formula is C25H26N2O5. The first-order valence-electron chi connectivity index (χ1n) is 10.8. The number of amides is 2. The smallest absolute Gasteiger partial charge is 0.339 e. The first-order valence-corrected chi connectivity index (χ1v) is 10.8.